The third-order valence-corrected chi connectivity index (χ3v) is 11.7. The van der Waals surface area contributed by atoms with Crippen LogP contribution in [0.25, 0.3) is 0 Å². The maximum atomic E-state index is 11.6. The predicted molar refractivity (Wildman–Crippen MR) is 148 cm³/mol. The summed E-state index contributed by atoms with van der Waals surface area (Å²) in [6, 6.07) is 21.5. The quantitative estimate of drug-likeness (QED) is 0.477. The zero-order chi connectivity index (χ0) is 25.1. The van der Waals surface area contributed by atoms with Crippen LogP contribution in [0.4, 0.5) is 0 Å². The molecule has 0 bridgehead atoms. The molecule has 4 atom stereocenters. The van der Waals surface area contributed by atoms with Gasteiger partial charge in [-0.2, -0.15) is 0 Å². The number of hydrogen-bond acceptors (Lipinski definition) is 4. The van der Waals surface area contributed by atoms with Crippen LogP contribution in [0, 0.1) is 13.8 Å². The Labute approximate surface area is 212 Å². The Morgan fingerprint density at radius 3 is 1.94 bits per heavy atom. The van der Waals surface area contributed by atoms with Crippen LogP contribution in [0.2, 0.25) is 0 Å². The van der Waals surface area contributed by atoms with E-state index in [0.717, 1.165) is 11.9 Å². The van der Waals surface area contributed by atoms with Crippen LogP contribution in [0.15, 0.2) is 66.9 Å². The molecule has 1 N–H and O–H groups in total. The summed E-state index contributed by atoms with van der Waals surface area (Å²) in [4.78, 5) is 4.83. The normalized spacial score (nSPS) is 29.5. The lowest BCUT2D eigenvalue weighted by Crippen LogP contribution is -2.41. The Kier molecular flexibility index (Phi) is 6.23. The van der Waals surface area contributed by atoms with E-state index in [1.54, 1.807) is 0 Å². The number of fused-ring (bicyclic) bond motifs is 1. The molecule has 1 aliphatic carbocycles. The summed E-state index contributed by atoms with van der Waals surface area (Å²) in [5.41, 5.74) is 3.00. The van der Waals surface area contributed by atoms with E-state index in [-0.39, 0.29) is 19.8 Å². The minimum Gasteiger partial charge on any atom is -0.385 e. The fraction of sp³-hybridized carbons (Fsp3) is 0.414. The number of nitrogens with zero attached hydrogens (tertiary/aromatic N) is 1. The zero-order valence-electron chi connectivity index (χ0n) is 21.4. The molecule has 184 valence electrons. The second kappa shape index (κ2) is 8.72. The van der Waals surface area contributed by atoms with Gasteiger partial charge < -0.3 is 14.6 Å². The molecule has 2 aliphatic rings. The average Bonchev–Trinajstić information content (AvgIpc) is 3.20. The van der Waals surface area contributed by atoms with E-state index in [2.05, 4.69) is 82.3 Å². The maximum Gasteiger partial charge on any atom is 0.170 e. The molecule has 1 aromatic heterocycles. The summed E-state index contributed by atoms with van der Waals surface area (Å²) >= 11 is 0. The number of benzene rings is 2. The van der Waals surface area contributed by atoms with Crippen LogP contribution < -0.4 is 21.3 Å². The molecule has 2 heterocycles. The first-order valence-corrected chi connectivity index (χ1v) is 14.6. The molecule has 4 nitrogen and oxygen atoms in total. The van der Waals surface area contributed by atoms with Gasteiger partial charge in [0.05, 0.1) is 10.8 Å². The van der Waals surface area contributed by atoms with Gasteiger partial charge in [0, 0.05) is 24.3 Å². The van der Waals surface area contributed by atoms with Gasteiger partial charge in [-0.25, -0.2) is 0 Å². The van der Waals surface area contributed by atoms with E-state index in [1.165, 1.54) is 27.0 Å². The van der Waals surface area contributed by atoms with Crippen molar-refractivity contribution in [2.75, 3.05) is 0 Å². The molecule has 0 radical (unpaired) electrons. The number of aryl methyl sites for hydroxylation is 2. The highest BCUT2D eigenvalue weighted by Gasteiger charge is 2.73. The first kappa shape index (κ1) is 25.0. The van der Waals surface area contributed by atoms with Crippen molar-refractivity contribution in [3.05, 3.63) is 78.0 Å². The van der Waals surface area contributed by atoms with Gasteiger partial charge in [0.1, 0.15) is 11.2 Å². The number of aromatic nitrogens is 1. The molecule has 1 saturated carbocycles. The van der Waals surface area contributed by atoms with Crippen molar-refractivity contribution in [3.63, 3.8) is 0 Å². The van der Waals surface area contributed by atoms with Crippen LogP contribution in [-0.4, -0.2) is 32.4 Å². The van der Waals surface area contributed by atoms with Crippen molar-refractivity contribution in [2.45, 2.75) is 76.7 Å². The summed E-state index contributed by atoms with van der Waals surface area (Å²) in [5.74, 6) is -0.802. The Hall–Kier alpha value is -1.67. The van der Waals surface area contributed by atoms with Gasteiger partial charge in [0.15, 0.2) is 5.79 Å². The molecule has 0 spiro atoms. The van der Waals surface area contributed by atoms with E-state index in [4.69, 9.17) is 14.5 Å². The Morgan fingerprint density at radius 1 is 0.886 bits per heavy atom. The lowest BCUT2D eigenvalue weighted by Gasteiger charge is -2.35. The standard InChI is InChI=1S/C29H35NO3P2/c1-20-12-7-9-14-22(20)35(23-15-10-8-13-21(23)2)24-16-11-17-30-25(24)34-28(5,31)19-29(6)32-26(3)18-27(26,4)33-29/h7-17,31,34H,18-19H2,1-6H3. The first-order chi connectivity index (χ1) is 16.4. The molecule has 4 unspecified atom stereocenters. The van der Waals surface area contributed by atoms with E-state index in [0.29, 0.717) is 6.42 Å². The van der Waals surface area contributed by atoms with Gasteiger partial charge in [0.25, 0.3) is 0 Å². The molecule has 6 heteroatoms. The summed E-state index contributed by atoms with van der Waals surface area (Å²) in [5, 5.41) is 14.5. The molecule has 2 aromatic carbocycles. The third-order valence-electron chi connectivity index (χ3n) is 7.34. The Balaban J connectivity index is 1.51. The predicted octanol–water partition coefficient (Wildman–Crippen LogP) is 4.54. The van der Waals surface area contributed by atoms with Gasteiger partial charge in [-0.15, -0.1) is 0 Å². The molecule has 35 heavy (non-hydrogen) atoms. The highest BCUT2D eigenvalue weighted by Crippen LogP contribution is 2.63. The van der Waals surface area contributed by atoms with Crippen molar-refractivity contribution >= 4 is 37.9 Å². The highest BCUT2D eigenvalue weighted by molar-refractivity contribution is 7.81. The molecule has 2 fully saturated rings. The lowest BCUT2D eigenvalue weighted by atomic mass is 10.1. The Bertz CT molecular complexity index is 1200. The summed E-state index contributed by atoms with van der Waals surface area (Å²) in [6.45, 7) is 12.4. The summed E-state index contributed by atoms with van der Waals surface area (Å²) in [7, 11) is -0.734. The smallest absolute Gasteiger partial charge is 0.170 e. The van der Waals surface area contributed by atoms with Crippen LogP contribution in [0.3, 0.4) is 0 Å². The molecule has 5 rings (SSSR count). The van der Waals surface area contributed by atoms with E-state index in [1.807, 2.05) is 26.1 Å². The number of rotatable bonds is 7. The summed E-state index contributed by atoms with van der Waals surface area (Å²) < 4.78 is 12.7. The highest BCUT2D eigenvalue weighted by atomic mass is 31.1. The third kappa shape index (κ3) is 4.73. The number of hydrogen-bond donors (Lipinski definition) is 1. The van der Waals surface area contributed by atoms with Crippen LogP contribution in [0.5, 0.6) is 0 Å². The van der Waals surface area contributed by atoms with E-state index >= 15 is 0 Å². The van der Waals surface area contributed by atoms with Crippen LogP contribution in [0.1, 0.15) is 51.7 Å². The first-order valence-electron chi connectivity index (χ1n) is 12.2. The van der Waals surface area contributed by atoms with E-state index in [9.17, 15) is 5.11 Å². The van der Waals surface area contributed by atoms with Gasteiger partial charge in [0.2, 0.25) is 0 Å². The molecule has 1 saturated heterocycles. The number of aliphatic hydroxyl groups is 1. The SMILES string of the molecule is Cc1ccccc1P(c1ccccc1C)c1cccnc1PC(C)(O)CC1(C)OC2(C)CC2(C)O1. The maximum absolute atomic E-state index is 11.6. The largest absolute Gasteiger partial charge is 0.385 e. The van der Waals surface area contributed by atoms with Gasteiger partial charge in [-0.05, 0) is 85.8 Å². The van der Waals surface area contributed by atoms with Crippen molar-refractivity contribution in [3.8, 4) is 0 Å². The second-order valence-corrected chi connectivity index (χ2v) is 14.7. The van der Waals surface area contributed by atoms with Crippen LogP contribution in [-0.2, 0) is 9.47 Å². The number of ether oxygens (including phenoxy) is 2. The van der Waals surface area contributed by atoms with Crippen molar-refractivity contribution < 1.29 is 14.6 Å². The van der Waals surface area contributed by atoms with Crippen molar-refractivity contribution in [1.29, 1.82) is 0 Å². The molecule has 0 amide bonds. The number of pyridine rings is 1. The van der Waals surface area contributed by atoms with E-state index < -0.39 is 19.1 Å². The van der Waals surface area contributed by atoms with Crippen molar-refractivity contribution in [2.24, 2.45) is 0 Å². The second-order valence-electron chi connectivity index (χ2n) is 10.8. The fourth-order valence-electron chi connectivity index (χ4n) is 5.55. The minimum absolute atomic E-state index is 0.101. The fourth-order valence-corrected chi connectivity index (χ4v) is 9.93. The topological polar surface area (TPSA) is 51.6 Å². The monoisotopic (exact) mass is 507 g/mol. The molecular formula is C29H35NO3P2. The van der Waals surface area contributed by atoms with Crippen molar-refractivity contribution in [1.82, 2.24) is 4.98 Å². The summed E-state index contributed by atoms with van der Waals surface area (Å²) in [6.07, 6.45) is 3.14. The van der Waals surface area contributed by atoms with Crippen LogP contribution >= 0.6 is 16.5 Å². The zero-order valence-corrected chi connectivity index (χ0v) is 23.3. The minimum atomic E-state index is -1.01. The van der Waals surface area contributed by atoms with Gasteiger partial charge in [-0.3, -0.25) is 4.98 Å². The Morgan fingerprint density at radius 2 is 1.40 bits per heavy atom. The molecule has 1 aliphatic heterocycles. The molecular weight excluding hydrogens is 472 g/mol. The average molecular weight is 508 g/mol. The van der Waals surface area contributed by atoms with Gasteiger partial charge >= 0.3 is 0 Å². The lowest BCUT2D eigenvalue weighted by molar-refractivity contribution is -0.218. The van der Waals surface area contributed by atoms with Gasteiger partial charge in [-0.1, -0.05) is 54.6 Å². The molecule has 3 aromatic rings.